The predicted octanol–water partition coefficient (Wildman–Crippen LogP) is 5.65. The van der Waals surface area contributed by atoms with Crippen LogP contribution in [0.4, 0.5) is 11.4 Å². The number of benzene rings is 4. The van der Waals surface area contributed by atoms with E-state index in [1.165, 1.54) is 4.90 Å². The zero-order valence-electron chi connectivity index (χ0n) is 17.5. The van der Waals surface area contributed by atoms with E-state index in [0.717, 1.165) is 26.5 Å². The molecule has 0 radical (unpaired) electrons. The Hall–Kier alpha value is -3.48. The van der Waals surface area contributed by atoms with Gasteiger partial charge in [-0.15, -0.1) is 0 Å². The van der Waals surface area contributed by atoms with Gasteiger partial charge in [0.25, 0.3) is 5.91 Å². The third-order valence-corrected chi connectivity index (χ3v) is 6.83. The molecule has 3 atom stereocenters. The number of hydroxylamine groups is 1. The molecule has 2 aliphatic heterocycles. The van der Waals surface area contributed by atoms with Crippen LogP contribution in [0, 0.1) is 5.92 Å². The molecule has 2 heterocycles. The fourth-order valence-corrected chi connectivity index (χ4v) is 5.29. The smallest absolute Gasteiger partial charge is 0.266 e. The summed E-state index contributed by atoms with van der Waals surface area (Å²) in [7, 11) is 0. The molecule has 2 fully saturated rings. The number of imide groups is 1. The highest BCUT2D eigenvalue weighted by Gasteiger charge is 2.60. The minimum Gasteiger partial charge on any atom is -0.273 e. The molecule has 0 saturated carbocycles. The van der Waals surface area contributed by atoms with Crippen molar-refractivity contribution >= 4 is 49.9 Å². The summed E-state index contributed by atoms with van der Waals surface area (Å²) in [5.41, 5.74) is 2.31. The zero-order valence-corrected chi connectivity index (χ0v) is 19.1. The molecule has 0 N–H and O–H groups in total. The molecule has 4 aromatic rings. The first-order valence-electron chi connectivity index (χ1n) is 10.8. The molecule has 162 valence electrons. The van der Waals surface area contributed by atoms with Gasteiger partial charge in [-0.3, -0.25) is 14.4 Å². The summed E-state index contributed by atoms with van der Waals surface area (Å²) in [6.07, 6.45) is -0.888. The molecular weight excluding hydrogens is 480 g/mol. The van der Waals surface area contributed by atoms with Gasteiger partial charge in [-0.2, -0.15) is 0 Å². The van der Waals surface area contributed by atoms with Gasteiger partial charge in [0.05, 0.1) is 17.4 Å². The Morgan fingerprint density at radius 3 is 2.24 bits per heavy atom. The molecule has 2 saturated heterocycles. The molecule has 33 heavy (non-hydrogen) atoms. The van der Waals surface area contributed by atoms with Crippen molar-refractivity contribution in [1.82, 2.24) is 0 Å². The maximum atomic E-state index is 13.8. The highest BCUT2D eigenvalue weighted by molar-refractivity contribution is 9.10. The maximum Gasteiger partial charge on any atom is 0.266 e. The van der Waals surface area contributed by atoms with E-state index in [-0.39, 0.29) is 11.8 Å². The summed E-state index contributed by atoms with van der Waals surface area (Å²) >= 11 is 3.44. The molecule has 5 nitrogen and oxygen atoms in total. The largest absolute Gasteiger partial charge is 0.273 e. The third-order valence-electron chi connectivity index (χ3n) is 6.33. The monoisotopic (exact) mass is 498 g/mol. The fraction of sp³-hybridized carbons (Fsp3) is 0.111. The average Bonchev–Trinajstić information content (AvgIpc) is 3.35. The second-order valence-corrected chi connectivity index (χ2v) is 9.13. The second-order valence-electron chi connectivity index (χ2n) is 8.22. The summed E-state index contributed by atoms with van der Waals surface area (Å²) in [6, 6.07) is 30.5. The second kappa shape index (κ2) is 7.83. The van der Waals surface area contributed by atoms with Gasteiger partial charge in [0.15, 0.2) is 6.10 Å². The van der Waals surface area contributed by atoms with Gasteiger partial charge in [0.2, 0.25) is 5.91 Å². The van der Waals surface area contributed by atoms with Crippen LogP contribution < -0.4 is 9.96 Å². The van der Waals surface area contributed by atoms with Crippen LogP contribution in [0.5, 0.6) is 0 Å². The zero-order chi connectivity index (χ0) is 22.5. The van der Waals surface area contributed by atoms with Crippen LogP contribution in [0.3, 0.4) is 0 Å². The van der Waals surface area contributed by atoms with Crippen molar-refractivity contribution in [3.63, 3.8) is 0 Å². The standard InChI is InChI=1S/C27H19BrN2O3/c28-18-10-7-13-20(16-18)29-26(31)23-24(22-15-6-9-17-8-4-5-14-21(17)22)30(33-25(23)27(29)32)19-11-2-1-3-12-19/h1-16,23-25H/t23-,24-,25-/m1/s1. The molecular formula is C27H19BrN2O3. The van der Waals surface area contributed by atoms with E-state index in [1.807, 2.05) is 66.7 Å². The Kier molecular flexibility index (Phi) is 4.78. The van der Waals surface area contributed by atoms with Crippen molar-refractivity contribution in [3.05, 3.63) is 107 Å². The third kappa shape index (κ3) is 3.17. The van der Waals surface area contributed by atoms with Crippen LogP contribution in [-0.4, -0.2) is 17.9 Å². The lowest BCUT2D eigenvalue weighted by Gasteiger charge is -2.29. The number of hydrogen-bond acceptors (Lipinski definition) is 4. The van der Waals surface area contributed by atoms with Crippen LogP contribution in [0.15, 0.2) is 102 Å². The van der Waals surface area contributed by atoms with Crippen LogP contribution >= 0.6 is 15.9 Å². The first-order valence-corrected chi connectivity index (χ1v) is 11.5. The number of halogens is 1. The highest BCUT2D eigenvalue weighted by Crippen LogP contribution is 2.49. The van der Waals surface area contributed by atoms with Crippen molar-refractivity contribution in [2.45, 2.75) is 12.1 Å². The molecule has 0 bridgehead atoms. The molecule has 0 spiro atoms. The Labute approximate surface area is 199 Å². The molecule has 6 rings (SSSR count). The average molecular weight is 499 g/mol. The molecule has 0 unspecified atom stereocenters. The minimum absolute atomic E-state index is 0.250. The Bertz CT molecular complexity index is 1390. The first-order chi connectivity index (χ1) is 16.1. The molecule has 2 amide bonds. The number of hydrogen-bond donors (Lipinski definition) is 0. The topological polar surface area (TPSA) is 49.9 Å². The van der Waals surface area contributed by atoms with Crippen LogP contribution in [0.25, 0.3) is 10.8 Å². The van der Waals surface area contributed by atoms with Crippen molar-refractivity contribution in [3.8, 4) is 0 Å². The lowest BCUT2D eigenvalue weighted by Crippen LogP contribution is -2.37. The molecule has 6 heteroatoms. The van der Waals surface area contributed by atoms with Crippen molar-refractivity contribution < 1.29 is 14.4 Å². The number of carbonyl (C=O) groups is 2. The number of para-hydroxylation sites is 1. The van der Waals surface area contributed by atoms with E-state index in [0.29, 0.717) is 5.69 Å². The summed E-state index contributed by atoms with van der Waals surface area (Å²) < 4.78 is 0.801. The van der Waals surface area contributed by atoms with Gasteiger partial charge >= 0.3 is 0 Å². The fourth-order valence-electron chi connectivity index (χ4n) is 4.91. The molecule has 4 aromatic carbocycles. The number of rotatable bonds is 3. The van der Waals surface area contributed by atoms with Crippen molar-refractivity contribution in [2.75, 3.05) is 9.96 Å². The van der Waals surface area contributed by atoms with Crippen LogP contribution in [-0.2, 0) is 14.4 Å². The number of amides is 2. The van der Waals surface area contributed by atoms with E-state index < -0.39 is 18.1 Å². The highest BCUT2D eigenvalue weighted by atomic mass is 79.9. The van der Waals surface area contributed by atoms with Gasteiger partial charge < -0.3 is 0 Å². The first kappa shape index (κ1) is 20.1. The number of nitrogens with zero attached hydrogens (tertiary/aromatic N) is 2. The Morgan fingerprint density at radius 2 is 1.42 bits per heavy atom. The van der Waals surface area contributed by atoms with Gasteiger partial charge in [-0.1, -0.05) is 82.7 Å². The number of anilines is 2. The summed E-state index contributed by atoms with van der Waals surface area (Å²) in [4.78, 5) is 34.8. The number of carbonyl (C=O) groups excluding carboxylic acids is 2. The van der Waals surface area contributed by atoms with E-state index in [9.17, 15) is 9.59 Å². The molecule has 2 aliphatic rings. The van der Waals surface area contributed by atoms with Crippen LogP contribution in [0.1, 0.15) is 11.6 Å². The normalized spacial score (nSPS) is 22.3. The number of fused-ring (bicyclic) bond motifs is 2. The van der Waals surface area contributed by atoms with Gasteiger partial charge in [-0.05, 0) is 46.7 Å². The van der Waals surface area contributed by atoms with Crippen molar-refractivity contribution in [1.29, 1.82) is 0 Å². The van der Waals surface area contributed by atoms with E-state index in [4.69, 9.17) is 4.84 Å². The van der Waals surface area contributed by atoms with Gasteiger partial charge in [-0.25, -0.2) is 9.96 Å². The Morgan fingerprint density at radius 1 is 0.727 bits per heavy atom. The summed E-state index contributed by atoms with van der Waals surface area (Å²) in [5, 5.41) is 3.86. The van der Waals surface area contributed by atoms with E-state index in [1.54, 1.807) is 17.2 Å². The lowest BCUT2D eigenvalue weighted by molar-refractivity contribution is -0.126. The SMILES string of the molecule is O=C1[C@@H]2[C@@H](c3cccc4ccccc34)N(c3ccccc3)O[C@H]2C(=O)N1c1cccc(Br)c1. The van der Waals surface area contributed by atoms with Gasteiger partial charge in [0, 0.05) is 4.47 Å². The quantitative estimate of drug-likeness (QED) is 0.342. The summed E-state index contributed by atoms with van der Waals surface area (Å²) in [6.45, 7) is 0. The van der Waals surface area contributed by atoms with Crippen LogP contribution in [0.2, 0.25) is 0 Å². The Balaban J connectivity index is 1.51. The molecule has 0 aromatic heterocycles. The van der Waals surface area contributed by atoms with E-state index in [2.05, 4.69) is 34.1 Å². The molecule has 0 aliphatic carbocycles. The van der Waals surface area contributed by atoms with E-state index >= 15 is 0 Å². The maximum absolute atomic E-state index is 13.8. The van der Waals surface area contributed by atoms with Gasteiger partial charge in [0.1, 0.15) is 5.92 Å². The minimum atomic E-state index is -0.888. The summed E-state index contributed by atoms with van der Waals surface area (Å²) in [5.74, 6) is -1.26. The predicted molar refractivity (Wildman–Crippen MR) is 131 cm³/mol. The van der Waals surface area contributed by atoms with Crippen molar-refractivity contribution in [2.24, 2.45) is 5.92 Å². The lowest BCUT2D eigenvalue weighted by atomic mass is 9.87.